The molecule has 0 radical (unpaired) electrons. The topological polar surface area (TPSA) is 95.3 Å². The fourth-order valence-corrected chi connectivity index (χ4v) is 2.40. The molecule has 1 aromatic rings. The summed E-state index contributed by atoms with van der Waals surface area (Å²) in [6, 6.07) is 3.86. The second kappa shape index (κ2) is 6.12. The van der Waals surface area contributed by atoms with Crippen molar-refractivity contribution in [2.45, 2.75) is 25.7 Å². The monoisotopic (exact) mass is 273 g/mol. The van der Waals surface area contributed by atoms with E-state index < -0.39 is 5.97 Å². The molecular formula is C14H15N3O3. The number of hydrogen-bond acceptors (Lipinski definition) is 3. The second-order valence-corrected chi connectivity index (χ2v) is 4.59. The number of methoxy groups -OCH3 is 1. The third-order valence-corrected chi connectivity index (χ3v) is 3.36. The van der Waals surface area contributed by atoms with Gasteiger partial charge in [-0.25, -0.2) is 4.79 Å². The van der Waals surface area contributed by atoms with Crippen LogP contribution in [0.25, 0.3) is 16.5 Å². The van der Waals surface area contributed by atoms with E-state index in [1.807, 2.05) is 12.1 Å². The zero-order chi connectivity index (χ0) is 14.5. The van der Waals surface area contributed by atoms with E-state index in [0.29, 0.717) is 11.3 Å². The molecule has 0 saturated carbocycles. The highest BCUT2D eigenvalue weighted by Crippen LogP contribution is 2.30. The molecule has 0 aliphatic heterocycles. The number of nitrogens with zero attached hydrogens (tertiary/aromatic N) is 3. The SMILES string of the molecule is COc1cc2c(cc1C=C(N=[N+]=[N-])C(=O)O)CCCC2. The average Bonchev–Trinajstić information content (AvgIpc) is 2.45. The first kappa shape index (κ1) is 14.0. The number of ether oxygens (including phenoxy) is 1. The van der Waals surface area contributed by atoms with Crippen molar-refractivity contribution in [3.05, 3.63) is 45.0 Å². The van der Waals surface area contributed by atoms with Gasteiger partial charge in [0.15, 0.2) is 0 Å². The summed E-state index contributed by atoms with van der Waals surface area (Å²) >= 11 is 0. The molecule has 0 spiro atoms. The molecule has 0 unspecified atom stereocenters. The van der Waals surface area contributed by atoms with Crippen LogP contribution < -0.4 is 4.74 Å². The van der Waals surface area contributed by atoms with Crippen LogP contribution in [0.3, 0.4) is 0 Å². The van der Waals surface area contributed by atoms with Gasteiger partial charge in [0, 0.05) is 10.5 Å². The van der Waals surface area contributed by atoms with Gasteiger partial charge in [0.2, 0.25) is 0 Å². The smallest absolute Gasteiger partial charge is 0.338 e. The number of carbonyl (C=O) groups is 1. The number of azide groups is 1. The minimum atomic E-state index is -1.26. The first-order valence-corrected chi connectivity index (χ1v) is 6.35. The van der Waals surface area contributed by atoms with Gasteiger partial charge < -0.3 is 9.84 Å². The maximum atomic E-state index is 11.0. The van der Waals surface area contributed by atoms with Crippen molar-refractivity contribution in [3.8, 4) is 5.75 Å². The molecule has 6 nitrogen and oxygen atoms in total. The molecule has 20 heavy (non-hydrogen) atoms. The quantitative estimate of drug-likeness (QED) is 0.394. The van der Waals surface area contributed by atoms with Crippen LogP contribution in [0.15, 0.2) is 22.9 Å². The predicted octanol–water partition coefficient (Wildman–Crippen LogP) is 3.31. The molecule has 0 saturated heterocycles. The molecule has 0 amide bonds. The highest BCUT2D eigenvalue weighted by molar-refractivity contribution is 5.92. The van der Waals surface area contributed by atoms with Crippen molar-refractivity contribution >= 4 is 12.0 Å². The van der Waals surface area contributed by atoms with Crippen LogP contribution in [0.1, 0.15) is 29.5 Å². The number of aliphatic carboxylic acids is 1. The molecule has 0 heterocycles. The number of carboxylic acid groups (broad SMARTS) is 1. The van der Waals surface area contributed by atoms with E-state index in [1.54, 1.807) is 0 Å². The fraction of sp³-hybridized carbons (Fsp3) is 0.357. The molecule has 0 bridgehead atoms. The van der Waals surface area contributed by atoms with Gasteiger partial charge >= 0.3 is 5.97 Å². The van der Waals surface area contributed by atoms with Gasteiger partial charge in [-0.2, -0.15) is 0 Å². The molecule has 1 N–H and O–H groups in total. The summed E-state index contributed by atoms with van der Waals surface area (Å²) < 4.78 is 5.30. The van der Waals surface area contributed by atoms with E-state index >= 15 is 0 Å². The summed E-state index contributed by atoms with van der Waals surface area (Å²) in [6.45, 7) is 0. The van der Waals surface area contributed by atoms with E-state index in [4.69, 9.17) is 15.4 Å². The zero-order valence-corrected chi connectivity index (χ0v) is 11.2. The van der Waals surface area contributed by atoms with Crippen molar-refractivity contribution in [2.24, 2.45) is 5.11 Å². The Morgan fingerprint density at radius 1 is 1.40 bits per heavy atom. The molecule has 0 fully saturated rings. The summed E-state index contributed by atoms with van der Waals surface area (Å²) in [7, 11) is 1.54. The van der Waals surface area contributed by atoms with Gasteiger partial charge in [0.05, 0.1) is 7.11 Å². The zero-order valence-electron chi connectivity index (χ0n) is 11.2. The first-order chi connectivity index (χ1) is 9.65. The molecule has 6 heteroatoms. The standard InChI is InChI=1S/C14H15N3O3/c1-20-13-8-10-5-3-2-4-9(10)6-11(13)7-12(14(18)19)16-17-15/h6-8H,2-5H2,1H3,(H,18,19). The minimum Gasteiger partial charge on any atom is -0.496 e. The Morgan fingerprint density at radius 2 is 2.05 bits per heavy atom. The van der Waals surface area contributed by atoms with E-state index in [0.717, 1.165) is 25.7 Å². The van der Waals surface area contributed by atoms with Crippen LogP contribution in [0.4, 0.5) is 0 Å². The molecule has 1 aliphatic carbocycles. The summed E-state index contributed by atoms with van der Waals surface area (Å²) in [6.07, 6.45) is 5.62. The Bertz CT molecular complexity index is 612. The average molecular weight is 273 g/mol. The maximum absolute atomic E-state index is 11.0. The Morgan fingerprint density at radius 3 is 2.60 bits per heavy atom. The van der Waals surface area contributed by atoms with E-state index in [2.05, 4.69) is 10.0 Å². The van der Waals surface area contributed by atoms with Crippen molar-refractivity contribution in [1.82, 2.24) is 0 Å². The number of rotatable bonds is 4. The van der Waals surface area contributed by atoms with Gasteiger partial charge in [0.25, 0.3) is 0 Å². The normalized spacial score (nSPS) is 14.2. The van der Waals surface area contributed by atoms with Crippen LogP contribution in [0, 0.1) is 0 Å². The van der Waals surface area contributed by atoms with Crippen molar-refractivity contribution in [3.63, 3.8) is 0 Å². The van der Waals surface area contributed by atoms with Crippen molar-refractivity contribution in [2.75, 3.05) is 7.11 Å². The lowest BCUT2D eigenvalue weighted by molar-refractivity contribution is -0.132. The van der Waals surface area contributed by atoms with Crippen LogP contribution in [-0.4, -0.2) is 18.2 Å². The van der Waals surface area contributed by atoms with Crippen molar-refractivity contribution in [1.29, 1.82) is 0 Å². The lowest BCUT2D eigenvalue weighted by atomic mass is 9.90. The van der Waals surface area contributed by atoms with Gasteiger partial charge in [-0.05, 0) is 60.6 Å². The van der Waals surface area contributed by atoms with Gasteiger partial charge in [-0.15, -0.1) is 0 Å². The second-order valence-electron chi connectivity index (χ2n) is 4.59. The number of hydrogen-bond donors (Lipinski definition) is 1. The predicted molar refractivity (Wildman–Crippen MR) is 74.4 cm³/mol. The van der Waals surface area contributed by atoms with Crippen LogP contribution in [-0.2, 0) is 17.6 Å². The maximum Gasteiger partial charge on any atom is 0.338 e. The Kier molecular flexibility index (Phi) is 4.27. The molecule has 1 aromatic carbocycles. The Balaban J connectivity index is 2.52. The Labute approximate surface area is 116 Å². The highest BCUT2D eigenvalue weighted by Gasteiger charge is 2.14. The largest absolute Gasteiger partial charge is 0.496 e. The van der Waals surface area contributed by atoms with Crippen LogP contribution >= 0.6 is 0 Å². The number of carboxylic acids is 1. The molecule has 0 aromatic heterocycles. The molecule has 104 valence electrons. The third-order valence-electron chi connectivity index (χ3n) is 3.36. The molecule has 1 aliphatic rings. The van der Waals surface area contributed by atoms with E-state index in [1.165, 1.54) is 24.3 Å². The molecule has 0 atom stereocenters. The molecular weight excluding hydrogens is 258 g/mol. The van der Waals surface area contributed by atoms with E-state index in [-0.39, 0.29) is 5.70 Å². The lowest BCUT2D eigenvalue weighted by Crippen LogP contribution is -2.04. The Hall–Kier alpha value is -2.46. The first-order valence-electron chi connectivity index (χ1n) is 6.35. The van der Waals surface area contributed by atoms with Crippen LogP contribution in [0.5, 0.6) is 5.75 Å². The van der Waals surface area contributed by atoms with Gasteiger partial charge in [0.1, 0.15) is 11.4 Å². The minimum absolute atomic E-state index is 0.346. The van der Waals surface area contributed by atoms with Gasteiger partial charge in [-0.1, -0.05) is 5.11 Å². The highest BCUT2D eigenvalue weighted by atomic mass is 16.5. The number of aryl methyl sites for hydroxylation is 2. The summed E-state index contributed by atoms with van der Waals surface area (Å²) in [5.41, 5.74) is 11.1. The van der Waals surface area contributed by atoms with Gasteiger partial charge in [-0.3, -0.25) is 0 Å². The molecule has 2 rings (SSSR count). The van der Waals surface area contributed by atoms with E-state index in [9.17, 15) is 4.79 Å². The summed E-state index contributed by atoms with van der Waals surface area (Å²) in [5.74, 6) is -0.667. The number of fused-ring (bicyclic) bond motifs is 1. The number of benzene rings is 1. The summed E-state index contributed by atoms with van der Waals surface area (Å²) in [4.78, 5) is 13.5. The fourth-order valence-electron chi connectivity index (χ4n) is 2.40. The third kappa shape index (κ3) is 2.92. The lowest BCUT2D eigenvalue weighted by Gasteiger charge is -2.18. The summed E-state index contributed by atoms with van der Waals surface area (Å²) in [5, 5.41) is 12.2. The van der Waals surface area contributed by atoms with Crippen molar-refractivity contribution < 1.29 is 14.6 Å². The van der Waals surface area contributed by atoms with Crippen LogP contribution in [0.2, 0.25) is 0 Å².